The molecule has 1 heterocycles. The van der Waals surface area contributed by atoms with Crippen LogP contribution in [-0.2, 0) is 11.0 Å². The molecular weight excluding hydrogens is 1470 g/mol. The van der Waals surface area contributed by atoms with E-state index in [-0.39, 0.29) is 6.04 Å². The molecule has 0 saturated carbocycles. The molecule has 34 rings (SSSR count). The topological polar surface area (TPSA) is 30.9 Å². The number of ether oxygens (including phenoxy) is 3. The third kappa shape index (κ3) is 6.52. The van der Waals surface area contributed by atoms with Crippen molar-refractivity contribution in [2.75, 3.05) is 26.9 Å². The first-order valence-corrected chi connectivity index (χ1v) is 50.7. The van der Waals surface area contributed by atoms with Gasteiger partial charge in [0.25, 0.3) is 0 Å². The van der Waals surface area contributed by atoms with E-state index in [2.05, 4.69) is 44.9 Å². The van der Waals surface area contributed by atoms with Crippen molar-refractivity contribution < 1.29 is 14.2 Å². The van der Waals surface area contributed by atoms with E-state index in [4.69, 9.17) is 14.2 Å². The smallest absolute Gasteiger partial charge is 0.203 e. The molecule has 1 saturated heterocycles. The van der Waals surface area contributed by atoms with Gasteiger partial charge in [-0.3, -0.25) is 4.90 Å². The van der Waals surface area contributed by atoms with E-state index in [1.165, 1.54) is 256 Å². The standard InChI is InChI=1S/C117H107NO3/c1-5-8-11-14-17-20-23-26-29-32-35-38-41-44-47-119-55-50-53(51-56(120-48-45-42-39-36-33-30-27-24-21-18-15-12-9-6-2)115(55)121-49-46-43-40-37-34-31-28-25-22-19-16-13-10-7-3)54-52-116-111-103-95-85-75-67-59-57-58-61-65-63(59)71-79-73(65)83-77-69(61)70-62(58)66-64-60(57)68(67)76-82-72(64)80-74(66)84-78(70)88-87(77)99-93(83)101-91(79)97(89(95)81(71)75)105(111)107(101)113-109(99)110-100(88)94(84)102-92(80)98-90(82)96(86(76)85)104(103)112(116)106(98)108(102)114(110)117(113,116)118(54)4/h50-51,54H,5-49,52H2,1-4H3. The van der Waals surface area contributed by atoms with Crippen molar-refractivity contribution in [1.29, 1.82) is 0 Å². The van der Waals surface area contributed by atoms with Crippen molar-refractivity contribution in [3.8, 4) is 17.2 Å². The minimum absolute atomic E-state index is 0.0337. The summed E-state index contributed by atoms with van der Waals surface area (Å²) in [4.78, 5) is 3.17. The van der Waals surface area contributed by atoms with E-state index in [0.29, 0.717) is 19.8 Å². The third-order valence-corrected chi connectivity index (χ3v) is 37.6. The predicted octanol–water partition coefficient (Wildman–Crippen LogP) is 35.9. The van der Waals surface area contributed by atoms with Gasteiger partial charge in [-0.25, -0.2) is 0 Å². The minimum Gasteiger partial charge on any atom is -0.490 e. The Labute approximate surface area is 703 Å². The molecule has 1 atom stereocenters. The van der Waals surface area contributed by atoms with Crippen LogP contribution in [0.2, 0.25) is 0 Å². The molecule has 598 valence electrons. The number of likely N-dealkylation sites (N-methyl/N-ethyl adjacent to an activating group) is 1. The lowest BCUT2D eigenvalue weighted by molar-refractivity contribution is 0.147. The molecule has 0 bridgehead atoms. The van der Waals surface area contributed by atoms with Crippen LogP contribution < -0.4 is 14.2 Å². The zero-order valence-corrected chi connectivity index (χ0v) is 71.9. The van der Waals surface area contributed by atoms with Crippen molar-refractivity contribution in [3.05, 3.63) is 39.9 Å². The second-order valence-corrected chi connectivity index (χ2v) is 42.9. The van der Waals surface area contributed by atoms with Crippen LogP contribution in [-0.4, -0.2) is 31.8 Å². The normalized spacial score (nSPS) is 18.8. The van der Waals surface area contributed by atoms with Crippen LogP contribution >= 0.6 is 0 Å². The van der Waals surface area contributed by atoms with E-state index in [1.54, 1.807) is 313 Å². The summed E-state index contributed by atoms with van der Waals surface area (Å²) in [6, 6.07) is 5.21. The maximum atomic E-state index is 7.61. The van der Waals surface area contributed by atoms with Crippen LogP contribution in [0.1, 0.15) is 331 Å². The number of rotatable bonds is 49. The molecule has 5 aliphatic rings. The molecule has 1 aliphatic heterocycles. The summed E-state index contributed by atoms with van der Waals surface area (Å²) in [6.45, 7) is 9.09. The van der Waals surface area contributed by atoms with Crippen molar-refractivity contribution in [1.82, 2.24) is 4.90 Å². The van der Waals surface area contributed by atoms with Crippen LogP contribution in [0, 0.1) is 0 Å². The van der Waals surface area contributed by atoms with Gasteiger partial charge >= 0.3 is 0 Å². The first-order valence-electron chi connectivity index (χ1n) is 50.7. The fourth-order valence-electron chi connectivity index (χ4n) is 33.9. The molecule has 4 heteroatoms. The summed E-state index contributed by atoms with van der Waals surface area (Å²) >= 11 is 0. The summed E-state index contributed by atoms with van der Waals surface area (Å²) in [7, 11) is 2.72. The quantitative estimate of drug-likeness (QED) is 0.0281. The highest BCUT2D eigenvalue weighted by molar-refractivity contribution is 6.82. The molecule has 4 nitrogen and oxygen atoms in total. The molecule has 0 radical (unpaired) electrons. The summed E-state index contributed by atoms with van der Waals surface area (Å²) < 4.78 is 22.7. The van der Waals surface area contributed by atoms with Gasteiger partial charge in [0.05, 0.1) is 30.8 Å². The number of hydrogen-bond acceptors (Lipinski definition) is 4. The van der Waals surface area contributed by atoms with Crippen molar-refractivity contribution in [3.63, 3.8) is 0 Å². The molecule has 2 spiro atoms. The molecular formula is C117H107NO3. The summed E-state index contributed by atoms with van der Waals surface area (Å²) in [5.74, 6) is 2.74. The Bertz CT molecular complexity index is 8330. The van der Waals surface area contributed by atoms with Crippen LogP contribution in [0.15, 0.2) is 12.1 Å². The first-order chi connectivity index (χ1) is 60.2. The van der Waals surface area contributed by atoms with Crippen LogP contribution in [0.5, 0.6) is 17.2 Å². The Morgan fingerprint density at radius 2 is 0.380 bits per heavy atom. The maximum Gasteiger partial charge on any atom is 0.203 e. The second kappa shape index (κ2) is 22.2. The lowest BCUT2D eigenvalue weighted by atomic mass is 9.53. The van der Waals surface area contributed by atoms with Crippen LogP contribution in [0.25, 0.3) is 291 Å². The molecule has 0 aromatic heterocycles. The third-order valence-electron chi connectivity index (χ3n) is 37.6. The van der Waals surface area contributed by atoms with Gasteiger partial charge in [-0.2, -0.15) is 0 Å². The Balaban J connectivity index is 0.565. The average Bonchev–Trinajstić information content (AvgIpc) is 1.38. The molecule has 121 heavy (non-hydrogen) atoms. The van der Waals surface area contributed by atoms with E-state index < -0.39 is 11.0 Å². The maximum absolute atomic E-state index is 7.61. The molecule has 29 aromatic carbocycles. The van der Waals surface area contributed by atoms with E-state index in [1.807, 2.05) is 0 Å². The highest BCUT2D eigenvalue weighted by Crippen LogP contribution is 2.87. The van der Waals surface area contributed by atoms with Gasteiger partial charge in [-0.1, -0.05) is 271 Å². The van der Waals surface area contributed by atoms with Crippen LogP contribution in [0.4, 0.5) is 0 Å². The largest absolute Gasteiger partial charge is 0.490 e. The highest BCUT2D eigenvalue weighted by Gasteiger charge is 2.75. The second-order valence-electron chi connectivity index (χ2n) is 42.9. The van der Waals surface area contributed by atoms with Gasteiger partial charge in [0, 0.05) is 6.04 Å². The van der Waals surface area contributed by atoms with E-state index >= 15 is 0 Å². The van der Waals surface area contributed by atoms with Crippen molar-refractivity contribution >= 4 is 291 Å². The van der Waals surface area contributed by atoms with Crippen molar-refractivity contribution in [2.45, 2.75) is 314 Å². The molecule has 1 fully saturated rings. The molecule has 1 unspecified atom stereocenters. The average molecular weight is 1580 g/mol. The number of nitrogens with zero attached hydrogens (tertiary/aromatic N) is 1. The molecule has 0 amide bonds. The van der Waals surface area contributed by atoms with Gasteiger partial charge in [0.1, 0.15) is 0 Å². The predicted molar refractivity (Wildman–Crippen MR) is 523 cm³/mol. The summed E-state index contributed by atoms with van der Waals surface area (Å²) in [5.41, 5.74) is 7.44. The lowest BCUT2D eigenvalue weighted by Gasteiger charge is -2.52. The van der Waals surface area contributed by atoms with Gasteiger partial charge in [0.2, 0.25) is 5.75 Å². The minimum atomic E-state index is -0.503. The van der Waals surface area contributed by atoms with Gasteiger partial charge in [0.15, 0.2) is 11.5 Å². The van der Waals surface area contributed by atoms with E-state index in [9.17, 15) is 0 Å². The van der Waals surface area contributed by atoms with Crippen LogP contribution in [0.3, 0.4) is 0 Å². The van der Waals surface area contributed by atoms with Gasteiger partial charge in [-0.05, 0) is 364 Å². The highest BCUT2D eigenvalue weighted by atomic mass is 16.5. The lowest BCUT2D eigenvalue weighted by Crippen LogP contribution is -2.54. The van der Waals surface area contributed by atoms with Crippen molar-refractivity contribution in [2.24, 2.45) is 0 Å². The molecule has 4 aliphatic carbocycles. The van der Waals surface area contributed by atoms with E-state index in [0.717, 1.165) is 42.9 Å². The SMILES string of the molecule is CCCCCCCCCCCCCCCCOc1cc(C2CC34c5c6c7c8c9c%10c(c%11c%12c3c3c5c5c%13c6c6c7c7c9c9c%14c%10c%10c%11c%11c%12c%12c3c3c5c5c%13c%13c6c6c7c9c7c9c%14c%10c%10c%11c%11c%12c3c3c5c5c%13c6c7c6c9c%10c%11c3c56)C84N2C)cc(OCCCCCCCCCCCCCCCC)c1OCCCCCCCCCCCCCCCC. The summed E-state index contributed by atoms with van der Waals surface area (Å²) in [5, 5.41) is 90.0. The zero-order valence-electron chi connectivity index (χ0n) is 71.9. The number of unbranched alkanes of at least 4 members (excludes halogenated alkanes) is 39. The first kappa shape index (κ1) is 66.6. The number of benzene rings is 19. The Kier molecular flexibility index (Phi) is 12.2. The van der Waals surface area contributed by atoms with Gasteiger partial charge in [-0.15, -0.1) is 0 Å². The number of likely N-dealkylation sites (tertiary alicyclic amines) is 1. The summed E-state index contributed by atoms with van der Waals surface area (Å²) in [6.07, 6.45) is 57.6. The fourth-order valence-corrected chi connectivity index (χ4v) is 33.9. The zero-order chi connectivity index (χ0) is 78.0. The molecule has 0 N–H and O–H groups in total. The number of hydrogen-bond donors (Lipinski definition) is 0. The molecule has 29 aromatic rings. The fraction of sp³-hybridized carbons (Fsp3) is 0.453. The monoisotopic (exact) mass is 1570 g/mol. The van der Waals surface area contributed by atoms with Gasteiger partial charge < -0.3 is 14.2 Å². The Morgan fingerprint density at radius 1 is 0.215 bits per heavy atom. The Morgan fingerprint density at radius 3 is 0.579 bits per heavy atom. The Hall–Kier alpha value is -8.96.